The summed E-state index contributed by atoms with van der Waals surface area (Å²) in [5.41, 5.74) is 0.762. The molecule has 1 fully saturated rings. The largest absolute Gasteiger partial charge is 0.481 e. The number of nitrogens with one attached hydrogen (secondary N) is 1. The molecule has 0 aliphatic carbocycles. The molecule has 0 spiro atoms. The van der Waals surface area contributed by atoms with Gasteiger partial charge in [0, 0.05) is 40.8 Å². The average Bonchev–Trinajstić information content (AvgIpc) is 3.41. The van der Waals surface area contributed by atoms with Gasteiger partial charge in [0.2, 0.25) is 0 Å². The predicted octanol–water partition coefficient (Wildman–Crippen LogP) is 4.14. The van der Waals surface area contributed by atoms with Gasteiger partial charge in [0.05, 0.1) is 25.1 Å². The van der Waals surface area contributed by atoms with Crippen LogP contribution in [-0.2, 0) is 14.3 Å². The van der Waals surface area contributed by atoms with Crippen LogP contribution in [-0.4, -0.2) is 64.4 Å². The van der Waals surface area contributed by atoms with Crippen molar-refractivity contribution < 1.29 is 32.6 Å². The fourth-order valence-electron chi connectivity index (χ4n) is 4.32. The van der Waals surface area contributed by atoms with E-state index in [0.29, 0.717) is 20.9 Å². The Kier molecular flexibility index (Phi) is 7.81. The molecule has 1 aromatic heterocycles. The van der Waals surface area contributed by atoms with Crippen LogP contribution in [0, 0.1) is 5.82 Å². The van der Waals surface area contributed by atoms with Crippen LogP contribution in [0.5, 0.6) is 0 Å². The molecule has 192 valence electrons. The molecular weight excluding hydrogens is 565 g/mol. The van der Waals surface area contributed by atoms with Crippen molar-refractivity contribution in [3.63, 3.8) is 0 Å². The maximum Gasteiger partial charge on any atom is 0.338 e. The van der Waals surface area contributed by atoms with Crippen molar-refractivity contribution in [2.75, 3.05) is 19.7 Å². The zero-order valence-electron chi connectivity index (χ0n) is 19.0. The van der Waals surface area contributed by atoms with E-state index in [1.54, 1.807) is 18.5 Å². The number of carbonyl (C=O) groups is 2. The number of hydrogen-bond acceptors (Lipinski definition) is 8. The molecule has 2 atom stereocenters. The first-order valence-electron chi connectivity index (χ1n) is 11.0. The molecule has 2 aromatic rings. The van der Waals surface area contributed by atoms with Gasteiger partial charge in [-0.1, -0.05) is 22.0 Å². The number of amidine groups is 1. The maximum atomic E-state index is 14.3. The molecule has 0 saturated carbocycles. The van der Waals surface area contributed by atoms with Crippen LogP contribution in [0.2, 0.25) is 0 Å². The van der Waals surface area contributed by atoms with E-state index >= 15 is 0 Å². The Hall–Kier alpha value is -2.77. The van der Waals surface area contributed by atoms with Crippen molar-refractivity contribution in [1.29, 1.82) is 0 Å². The molecule has 1 saturated heterocycles. The summed E-state index contributed by atoms with van der Waals surface area (Å²) in [6.45, 7) is 0.840. The number of hydrogen-bond donors (Lipinski definition) is 2. The average molecular weight is 587 g/mol. The Morgan fingerprint density at radius 1 is 1.39 bits per heavy atom. The molecule has 2 aliphatic rings. The lowest BCUT2D eigenvalue weighted by Gasteiger charge is -2.31. The number of alkyl halides is 2. The smallest absolute Gasteiger partial charge is 0.338 e. The van der Waals surface area contributed by atoms with Crippen LogP contribution >= 0.6 is 27.3 Å². The van der Waals surface area contributed by atoms with Crippen molar-refractivity contribution in [3.05, 3.63) is 61.9 Å². The van der Waals surface area contributed by atoms with Gasteiger partial charge in [0.15, 0.2) is 10.8 Å². The van der Waals surface area contributed by atoms with E-state index in [1.807, 2.05) is 0 Å². The van der Waals surface area contributed by atoms with Gasteiger partial charge in [-0.15, -0.1) is 11.3 Å². The number of carboxylic acids is 1. The second-order valence-electron chi connectivity index (χ2n) is 8.34. The monoisotopic (exact) mass is 586 g/mol. The lowest BCUT2D eigenvalue weighted by molar-refractivity contribution is -0.139. The van der Waals surface area contributed by atoms with Crippen LogP contribution in [0.3, 0.4) is 0 Å². The minimum atomic E-state index is -3.08. The second kappa shape index (κ2) is 10.7. The quantitative estimate of drug-likeness (QED) is 0.448. The molecular formula is C23H22BrF3N4O4S. The molecule has 4 rings (SSSR count). The first-order valence-corrected chi connectivity index (χ1v) is 12.7. The minimum Gasteiger partial charge on any atom is -0.481 e. The number of aliphatic imine (C=N–C) groups is 1. The molecule has 8 nitrogen and oxygen atoms in total. The van der Waals surface area contributed by atoms with E-state index in [1.165, 1.54) is 34.4 Å². The zero-order chi connectivity index (χ0) is 26.0. The second-order valence-corrected chi connectivity index (χ2v) is 10.1. The summed E-state index contributed by atoms with van der Waals surface area (Å²) >= 11 is 4.61. The van der Waals surface area contributed by atoms with Gasteiger partial charge in [-0.25, -0.2) is 22.9 Å². The van der Waals surface area contributed by atoms with Gasteiger partial charge in [0.25, 0.3) is 5.92 Å². The number of carbonyl (C=O) groups excluding carboxylic acids is 1. The summed E-state index contributed by atoms with van der Waals surface area (Å²) in [7, 11) is 0. The first-order chi connectivity index (χ1) is 17.1. The van der Waals surface area contributed by atoms with Gasteiger partial charge in [-0.05, 0) is 24.6 Å². The number of benzene rings is 1. The van der Waals surface area contributed by atoms with E-state index in [-0.39, 0.29) is 24.4 Å². The minimum absolute atomic E-state index is 0.0550. The lowest BCUT2D eigenvalue weighted by atomic mass is 9.95. The fraction of sp³-hybridized carbons (Fsp3) is 0.391. The molecule has 1 unspecified atom stereocenters. The number of rotatable bonds is 8. The van der Waals surface area contributed by atoms with Gasteiger partial charge in [0.1, 0.15) is 11.9 Å². The highest BCUT2D eigenvalue weighted by molar-refractivity contribution is 9.10. The highest BCUT2D eigenvalue weighted by atomic mass is 79.9. The molecule has 36 heavy (non-hydrogen) atoms. The number of ether oxygens (including phenoxy) is 1. The molecule has 0 bridgehead atoms. The topological polar surface area (TPSA) is 104 Å². The van der Waals surface area contributed by atoms with Gasteiger partial charge in [-0.3, -0.25) is 14.7 Å². The number of aromatic nitrogens is 1. The summed E-state index contributed by atoms with van der Waals surface area (Å²) in [4.78, 5) is 34.8. The summed E-state index contributed by atoms with van der Waals surface area (Å²) in [5.74, 6) is -5.19. The van der Waals surface area contributed by atoms with Crippen LogP contribution < -0.4 is 5.32 Å². The van der Waals surface area contributed by atoms with Gasteiger partial charge >= 0.3 is 11.9 Å². The molecule has 2 aliphatic heterocycles. The van der Waals surface area contributed by atoms with Crippen molar-refractivity contribution >= 4 is 45.0 Å². The number of likely N-dealkylation sites (tertiary alicyclic amines) is 1. The maximum absolute atomic E-state index is 14.3. The summed E-state index contributed by atoms with van der Waals surface area (Å²) in [6, 6.07) is 2.05. The Balaban J connectivity index is 1.82. The van der Waals surface area contributed by atoms with E-state index in [0.717, 1.165) is 0 Å². The zero-order valence-corrected chi connectivity index (χ0v) is 21.4. The molecule has 3 heterocycles. The third-order valence-corrected chi connectivity index (χ3v) is 7.24. The number of thiazole rings is 1. The highest BCUT2D eigenvalue weighted by Gasteiger charge is 2.46. The summed E-state index contributed by atoms with van der Waals surface area (Å²) in [5, 5.41) is 14.5. The van der Waals surface area contributed by atoms with Gasteiger partial charge < -0.3 is 15.2 Å². The fourth-order valence-corrected chi connectivity index (χ4v) is 5.48. The molecule has 13 heteroatoms. The lowest BCUT2D eigenvalue weighted by Crippen LogP contribution is -2.42. The van der Waals surface area contributed by atoms with Crippen molar-refractivity contribution in [1.82, 2.24) is 15.2 Å². The number of esters is 1. The Bertz CT molecular complexity index is 1220. The van der Waals surface area contributed by atoms with Crippen LogP contribution in [0.15, 0.2) is 50.5 Å². The molecule has 0 amide bonds. The number of aliphatic carboxylic acids is 1. The molecule has 2 N–H and O–H groups in total. The summed E-state index contributed by atoms with van der Waals surface area (Å²) in [6.07, 6.45) is 0.487. The van der Waals surface area contributed by atoms with E-state index in [2.05, 4.69) is 31.2 Å². The molecule has 1 aromatic carbocycles. The Morgan fingerprint density at radius 3 is 2.81 bits per heavy atom. The standard InChI is InChI=1S/C23H22BrF3N4O4S/c1-2-35-22(34)18-16(10-31-11-23(26,27)9-13(31)8-17(32)33)29-20(21-28-5-6-36-21)30-19(18)14-4-3-12(25)7-15(14)24/h3-7,13,19H,2,8-11H2,1H3,(H,29,30)(H,32,33)/t13?,19-/m0/s1. The summed E-state index contributed by atoms with van der Waals surface area (Å²) < 4.78 is 48.1. The van der Waals surface area contributed by atoms with Crippen molar-refractivity contribution in [2.45, 2.75) is 37.8 Å². The first kappa shape index (κ1) is 26.3. The van der Waals surface area contributed by atoms with E-state index in [9.17, 15) is 27.9 Å². The van der Waals surface area contributed by atoms with Crippen LogP contribution in [0.1, 0.15) is 36.4 Å². The van der Waals surface area contributed by atoms with Crippen molar-refractivity contribution in [2.24, 2.45) is 4.99 Å². The SMILES string of the molecule is CCOC(=O)C1=C(CN2CC(F)(F)CC2CC(=O)O)NC(c2nccs2)=N[C@H]1c1ccc(F)cc1Br. The predicted molar refractivity (Wildman–Crippen MR) is 129 cm³/mol. The third-order valence-electron chi connectivity index (χ3n) is 5.77. The Labute approximate surface area is 217 Å². The normalized spacial score (nSPS) is 21.8. The Morgan fingerprint density at radius 2 is 2.17 bits per heavy atom. The highest BCUT2D eigenvalue weighted by Crippen LogP contribution is 2.39. The van der Waals surface area contributed by atoms with Crippen molar-refractivity contribution in [3.8, 4) is 0 Å². The third kappa shape index (κ3) is 5.79. The van der Waals surface area contributed by atoms with Crippen LogP contribution in [0.4, 0.5) is 13.2 Å². The van der Waals surface area contributed by atoms with Gasteiger partial charge in [-0.2, -0.15) is 0 Å². The molecule has 0 radical (unpaired) electrons. The number of halogens is 4. The van der Waals surface area contributed by atoms with Crippen LogP contribution in [0.25, 0.3) is 0 Å². The number of carboxylic acid groups (broad SMARTS) is 1. The van der Waals surface area contributed by atoms with E-state index < -0.39 is 55.1 Å². The van der Waals surface area contributed by atoms with E-state index in [4.69, 9.17) is 4.74 Å². The number of nitrogens with zero attached hydrogens (tertiary/aromatic N) is 3.